The maximum atomic E-state index is 12.3. The maximum absolute atomic E-state index is 12.3. The zero-order chi connectivity index (χ0) is 32.9. The van der Waals surface area contributed by atoms with Crippen LogP contribution in [-0.2, 0) is 4.79 Å². The van der Waals surface area contributed by atoms with Crippen molar-refractivity contribution in [3.63, 3.8) is 0 Å². The standard InChI is InChI=1S/C41H79NO3/c1-3-5-7-9-11-13-15-16-17-18-19-20-21-22-23-24-25-26-27-29-31-33-35-37-41(45)42-39(38-43)40(44)36-34-32-30-28-14-12-10-8-6-4-2/h30,32,34,36,39-40,43-44H,3-29,31,33,35,37-38H2,1-2H3,(H,42,45)/b32-30+,36-34+/t39-,40+/m0/s1. The van der Waals surface area contributed by atoms with Crippen molar-refractivity contribution in [2.45, 2.75) is 225 Å². The Balaban J connectivity index is 3.51. The minimum absolute atomic E-state index is 0.0800. The molecule has 4 nitrogen and oxygen atoms in total. The minimum Gasteiger partial charge on any atom is -0.394 e. The summed E-state index contributed by atoms with van der Waals surface area (Å²) in [6.45, 7) is 4.26. The van der Waals surface area contributed by atoms with Crippen molar-refractivity contribution in [2.75, 3.05) is 6.61 Å². The average molecular weight is 634 g/mol. The molecule has 45 heavy (non-hydrogen) atoms. The summed E-state index contributed by atoms with van der Waals surface area (Å²) in [5, 5.41) is 22.8. The van der Waals surface area contributed by atoms with E-state index < -0.39 is 12.1 Å². The second-order valence-electron chi connectivity index (χ2n) is 13.7. The molecule has 0 aromatic heterocycles. The molecular weight excluding hydrogens is 554 g/mol. The molecule has 4 heteroatoms. The van der Waals surface area contributed by atoms with E-state index in [9.17, 15) is 15.0 Å². The van der Waals surface area contributed by atoms with E-state index >= 15 is 0 Å². The highest BCUT2D eigenvalue weighted by Crippen LogP contribution is 2.16. The topological polar surface area (TPSA) is 69.6 Å². The third-order valence-corrected chi connectivity index (χ3v) is 9.24. The molecule has 0 fully saturated rings. The van der Waals surface area contributed by atoms with Gasteiger partial charge in [-0.15, -0.1) is 0 Å². The van der Waals surface area contributed by atoms with Crippen molar-refractivity contribution in [3.8, 4) is 0 Å². The van der Waals surface area contributed by atoms with Crippen molar-refractivity contribution in [3.05, 3.63) is 24.3 Å². The molecule has 0 radical (unpaired) electrons. The molecular formula is C41H79NO3. The summed E-state index contributed by atoms with van der Waals surface area (Å²) in [6, 6.07) is -0.648. The third kappa shape index (κ3) is 34.0. The summed E-state index contributed by atoms with van der Waals surface area (Å²) in [6.07, 6.45) is 47.2. The van der Waals surface area contributed by atoms with Crippen molar-refractivity contribution in [1.29, 1.82) is 0 Å². The molecule has 3 N–H and O–H groups in total. The Morgan fingerprint density at radius 2 is 0.889 bits per heavy atom. The van der Waals surface area contributed by atoms with Gasteiger partial charge in [0.05, 0.1) is 18.8 Å². The van der Waals surface area contributed by atoms with E-state index in [-0.39, 0.29) is 12.5 Å². The first-order valence-corrected chi connectivity index (χ1v) is 20.1. The fourth-order valence-corrected chi connectivity index (χ4v) is 6.12. The van der Waals surface area contributed by atoms with E-state index in [4.69, 9.17) is 0 Å². The monoisotopic (exact) mass is 634 g/mol. The number of allylic oxidation sites excluding steroid dienone is 3. The van der Waals surface area contributed by atoms with Crippen LogP contribution in [0.15, 0.2) is 24.3 Å². The lowest BCUT2D eigenvalue weighted by Crippen LogP contribution is -2.45. The Bertz CT molecular complexity index is 647. The van der Waals surface area contributed by atoms with Gasteiger partial charge in [0.1, 0.15) is 0 Å². The van der Waals surface area contributed by atoms with Gasteiger partial charge in [-0.25, -0.2) is 0 Å². The molecule has 0 aromatic carbocycles. The Kier molecular flexibility index (Phi) is 36.4. The van der Waals surface area contributed by atoms with Crippen LogP contribution in [0, 0.1) is 0 Å². The van der Waals surface area contributed by atoms with E-state index in [0.717, 1.165) is 19.3 Å². The third-order valence-electron chi connectivity index (χ3n) is 9.24. The zero-order valence-corrected chi connectivity index (χ0v) is 30.4. The van der Waals surface area contributed by atoms with Crippen molar-refractivity contribution >= 4 is 5.91 Å². The van der Waals surface area contributed by atoms with Crippen LogP contribution < -0.4 is 5.32 Å². The summed E-state index contributed by atoms with van der Waals surface area (Å²) in [5.41, 5.74) is 0. The molecule has 2 atom stereocenters. The van der Waals surface area contributed by atoms with Crippen LogP contribution in [0.5, 0.6) is 0 Å². The normalized spacial score (nSPS) is 13.2. The van der Waals surface area contributed by atoms with Crippen LogP contribution in [0.4, 0.5) is 0 Å². The molecule has 0 aromatic rings. The van der Waals surface area contributed by atoms with Gasteiger partial charge in [-0.05, 0) is 19.3 Å². The second-order valence-corrected chi connectivity index (χ2v) is 13.7. The Morgan fingerprint density at radius 1 is 0.533 bits per heavy atom. The highest BCUT2D eigenvalue weighted by molar-refractivity contribution is 5.76. The van der Waals surface area contributed by atoms with E-state index in [0.29, 0.717) is 6.42 Å². The second kappa shape index (κ2) is 37.3. The van der Waals surface area contributed by atoms with Gasteiger partial charge in [-0.3, -0.25) is 4.79 Å². The summed E-state index contributed by atoms with van der Waals surface area (Å²) >= 11 is 0. The van der Waals surface area contributed by atoms with Crippen LogP contribution in [0.1, 0.15) is 213 Å². The Hall–Kier alpha value is -1.13. The van der Waals surface area contributed by atoms with Gasteiger partial charge in [0.2, 0.25) is 5.91 Å². The van der Waals surface area contributed by atoms with Crippen LogP contribution in [0.25, 0.3) is 0 Å². The highest BCUT2D eigenvalue weighted by Gasteiger charge is 2.17. The SMILES string of the molecule is CCCCCCCC/C=C/C=C/[C@@H](O)[C@H](CO)NC(=O)CCCCCCCCCCCCCCCCCCCCCCCCC. The molecule has 0 heterocycles. The first-order valence-electron chi connectivity index (χ1n) is 20.1. The van der Waals surface area contributed by atoms with Crippen molar-refractivity contribution in [1.82, 2.24) is 5.32 Å². The predicted molar refractivity (Wildman–Crippen MR) is 198 cm³/mol. The summed E-state index contributed by atoms with van der Waals surface area (Å²) in [4.78, 5) is 12.3. The van der Waals surface area contributed by atoms with Crippen LogP contribution >= 0.6 is 0 Å². The van der Waals surface area contributed by atoms with Gasteiger partial charge in [0.25, 0.3) is 0 Å². The van der Waals surface area contributed by atoms with Gasteiger partial charge in [0, 0.05) is 6.42 Å². The zero-order valence-electron chi connectivity index (χ0n) is 30.4. The van der Waals surface area contributed by atoms with Gasteiger partial charge >= 0.3 is 0 Å². The molecule has 0 saturated heterocycles. The van der Waals surface area contributed by atoms with Crippen LogP contribution in [0.2, 0.25) is 0 Å². The number of aliphatic hydroxyl groups is 2. The molecule has 0 spiro atoms. The van der Waals surface area contributed by atoms with Gasteiger partial charge in [-0.1, -0.05) is 212 Å². The smallest absolute Gasteiger partial charge is 0.220 e. The molecule has 0 bridgehead atoms. The summed E-state index contributed by atoms with van der Waals surface area (Å²) in [7, 11) is 0. The number of amides is 1. The minimum atomic E-state index is -0.882. The molecule has 0 aliphatic carbocycles. The fourth-order valence-electron chi connectivity index (χ4n) is 6.12. The predicted octanol–water partition coefficient (Wildman–Crippen LogP) is 12.1. The van der Waals surface area contributed by atoms with Gasteiger partial charge in [-0.2, -0.15) is 0 Å². The number of nitrogens with one attached hydrogen (secondary N) is 1. The maximum Gasteiger partial charge on any atom is 0.220 e. The van der Waals surface area contributed by atoms with Crippen molar-refractivity contribution < 1.29 is 15.0 Å². The Labute approximate surface area is 281 Å². The van der Waals surface area contributed by atoms with E-state index in [1.54, 1.807) is 6.08 Å². The quantitative estimate of drug-likeness (QED) is 0.0475. The average Bonchev–Trinajstić information content (AvgIpc) is 3.04. The molecule has 0 aliphatic rings. The molecule has 1 amide bonds. The molecule has 266 valence electrons. The van der Waals surface area contributed by atoms with Gasteiger partial charge in [0.15, 0.2) is 0 Å². The van der Waals surface area contributed by atoms with Crippen LogP contribution in [0.3, 0.4) is 0 Å². The molecule has 0 saturated carbocycles. The lowest BCUT2D eigenvalue weighted by atomic mass is 10.0. The number of aliphatic hydroxyl groups excluding tert-OH is 2. The Morgan fingerprint density at radius 3 is 1.27 bits per heavy atom. The van der Waals surface area contributed by atoms with E-state index in [1.165, 1.54) is 173 Å². The number of carbonyl (C=O) groups is 1. The number of carbonyl (C=O) groups excluding carboxylic acids is 1. The largest absolute Gasteiger partial charge is 0.394 e. The number of hydrogen-bond donors (Lipinski definition) is 3. The molecule has 0 unspecified atom stereocenters. The number of hydrogen-bond acceptors (Lipinski definition) is 3. The van der Waals surface area contributed by atoms with E-state index in [2.05, 4.69) is 25.2 Å². The molecule has 0 rings (SSSR count). The molecule has 0 aliphatic heterocycles. The summed E-state index contributed by atoms with van der Waals surface area (Å²) in [5.74, 6) is -0.0800. The number of rotatable bonds is 36. The summed E-state index contributed by atoms with van der Waals surface area (Å²) < 4.78 is 0. The number of unbranched alkanes of at least 4 members (excludes halogenated alkanes) is 28. The highest BCUT2D eigenvalue weighted by atomic mass is 16.3. The van der Waals surface area contributed by atoms with Crippen molar-refractivity contribution in [2.24, 2.45) is 0 Å². The van der Waals surface area contributed by atoms with Crippen LogP contribution in [-0.4, -0.2) is 34.9 Å². The fraction of sp³-hybridized carbons (Fsp3) is 0.878. The van der Waals surface area contributed by atoms with Gasteiger partial charge < -0.3 is 15.5 Å². The lowest BCUT2D eigenvalue weighted by molar-refractivity contribution is -0.123. The van der Waals surface area contributed by atoms with E-state index in [1.807, 2.05) is 12.2 Å². The lowest BCUT2D eigenvalue weighted by Gasteiger charge is -2.19. The first kappa shape index (κ1) is 43.9. The first-order chi connectivity index (χ1) is 22.2.